The summed E-state index contributed by atoms with van der Waals surface area (Å²) in [6.07, 6.45) is 3.90. The fraction of sp³-hybridized carbons (Fsp3) is 0.381. The fourth-order valence-electron chi connectivity index (χ4n) is 3.77. The second-order valence-corrected chi connectivity index (χ2v) is 8.39. The molecular formula is C21H24N2O3S. The van der Waals surface area contributed by atoms with Crippen molar-refractivity contribution in [1.82, 2.24) is 10.3 Å². The largest absolute Gasteiger partial charge is 0.385 e. The second-order valence-electron chi connectivity index (χ2n) is 7.10. The molecule has 0 radical (unpaired) electrons. The van der Waals surface area contributed by atoms with E-state index < -0.39 is 5.60 Å². The van der Waals surface area contributed by atoms with Gasteiger partial charge in [-0.15, -0.1) is 11.3 Å². The molecule has 4 rings (SSSR count). The molecule has 0 spiro atoms. The standard InChI is InChI=1S/C21H24N2O3S/c1-14-5-6-18(27-14)20(24)22-10-7-15-13-23-17-4-2-3-16(19(15)17)21(25)8-11-26-12-9-21/h2-6,13,23,25H,7-12H2,1H3,(H,22,24). The smallest absolute Gasteiger partial charge is 0.261 e. The van der Waals surface area contributed by atoms with Crippen LogP contribution in [-0.4, -0.2) is 35.8 Å². The predicted octanol–water partition coefficient (Wildman–Crippen LogP) is 3.51. The first-order chi connectivity index (χ1) is 13.1. The maximum atomic E-state index is 12.3. The number of hydrogen-bond acceptors (Lipinski definition) is 4. The Kier molecular flexibility index (Phi) is 5.04. The molecule has 0 unspecified atom stereocenters. The van der Waals surface area contributed by atoms with Gasteiger partial charge in [0.25, 0.3) is 5.91 Å². The summed E-state index contributed by atoms with van der Waals surface area (Å²) in [5.74, 6) is -0.0313. The Morgan fingerprint density at radius 2 is 2.11 bits per heavy atom. The minimum atomic E-state index is -0.855. The molecule has 1 fully saturated rings. The summed E-state index contributed by atoms with van der Waals surface area (Å²) in [5, 5.41) is 15.3. The van der Waals surface area contributed by atoms with E-state index in [9.17, 15) is 9.90 Å². The van der Waals surface area contributed by atoms with Crippen molar-refractivity contribution < 1.29 is 14.6 Å². The lowest BCUT2D eigenvalue weighted by molar-refractivity contribution is -0.0670. The molecule has 6 heteroatoms. The van der Waals surface area contributed by atoms with E-state index in [1.54, 1.807) is 0 Å². The van der Waals surface area contributed by atoms with Crippen LogP contribution < -0.4 is 5.32 Å². The third kappa shape index (κ3) is 3.65. The zero-order valence-electron chi connectivity index (χ0n) is 15.4. The van der Waals surface area contributed by atoms with Gasteiger partial charge >= 0.3 is 0 Å². The van der Waals surface area contributed by atoms with E-state index in [1.807, 2.05) is 43.5 Å². The molecule has 3 heterocycles. The summed E-state index contributed by atoms with van der Waals surface area (Å²) in [7, 11) is 0. The van der Waals surface area contributed by atoms with Crippen molar-refractivity contribution >= 4 is 28.1 Å². The monoisotopic (exact) mass is 384 g/mol. The minimum Gasteiger partial charge on any atom is -0.385 e. The molecule has 5 nitrogen and oxygen atoms in total. The number of aromatic nitrogens is 1. The average molecular weight is 385 g/mol. The van der Waals surface area contributed by atoms with Gasteiger partial charge in [0.2, 0.25) is 0 Å². The van der Waals surface area contributed by atoms with Gasteiger partial charge in [-0.25, -0.2) is 0 Å². The van der Waals surface area contributed by atoms with Crippen LogP contribution in [0.5, 0.6) is 0 Å². The zero-order chi connectivity index (χ0) is 18.9. The van der Waals surface area contributed by atoms with Gasteiger partial charge < -0.3 is 20.1 Å². The predicted molar refractivity (Wildman–Crippen MR) is 107 cm³/mol. The Morgan fingerprint density at radius 1 is 1.30 bits per heavy atom. The lowest BCUT2D eigenvalue weighted by Gasteiger charge is -2.33. The van der Waals surface area contributed by atoms with Crippen molar-refractivity contribution in [2.24, 2.45) is 0 Å². The third-order valence-electron chi connectivity index (χ3n) is 5.25. The summed E-state index contributed by atoms with van der Waals surface area (Å²) in [4.78, 5) is 17.4. The van der Waals surface area contributed by atoms with E-state index >= 15 is 0 Å². The molecule has 1 amide bonds. The van der Waals surface area contributed by atoms with Crippen LogP contribution in [0.15, 0.2) is 36.5 Å². The fourth-order valence-corrected chi connectivity index (χ4v) is 4.56. The first-order valence-corrected chi connectivity index (χ1v) is 10.1. The van der Waals surface area contributed by atoms with Crippen LogP contribution in [0.1, 0.15) is 38.5 Å². The van der Waals surface area contributed by atoms with E-state index in [0.717, 1.165) is 31.8 Å². The second kappa shape index (κ2) is 7.46. The topological polar surface area (TPSA) is 74.4 Å². The summed E-state index contributed by atoms with van der Waals surface area (Å²) < 4.78 is 5.43. The Bertz CT molecular complexity index is 953. The number of thiophene rings is 1. The first-order valence-electron chi connectivity index (χ1n) is 9.31. The molecule has 3 aromatic rings. The molecule has 3 N–H and O–H groups in total. The van der Waals surface area contributed by atoms with Gasteiger partial charge in [0.05, 0.1) is 10.5 Å². The van der Waals surface area contributed by atoms with Gasteiger partial charge in [-0.05, 0) is 42.7 Å². The highest BCUT2D eigenvalue weighted by atomic mass is 32.1. The SMILES string of the molecule is Cc1ccc(C(=O)NCCc2c[nH]c3cccc(C4(O)CCOCC4)c23)s1. The van der Waals surface area contributed by atoms with Gasteiger partial charge in [-0.1, -0.05) is 12.1 Å². The van der Waals surface area contributed by atoms with Crippen molar-refractivity contribution in [3.05, 3.63) is 57.4 Å². The van der Waals surface area contributed by atoms with Crippen LogP contribution in [0.2, 0.25) is 0 Å². The highest BCUT2D eigenvalue weighted by molar-refractivity contribution is 7.13. The van der Waals surface area contributed by atoms with Gasteiger partial charge in [-0.2, -0.15) is 0 Å². The number of benzene rings is 1. The van der Waals surface area contributed by atoms with Crippen molar-refractivity contribution in [3.8, 4) is 0 Å². The number of ether oxygens (including phenoxy) is 1. The van der Waals surface area contributed by atoms with E-state index in [-0.39, 0.29) is 5.91 Å². The molecule has 0 bridgehead atoms. The molecule has 1 aliphatic rings. The molecule has 27 heavy (non-hydrogen) atoms. The van der Waals surface area contributed by atoms with Gasteiger partial charge in [0.15, 0.2) is 0 Å². The number of hydrogen-bond donors (Lipinski definition) is 3. The van der Waals surface area contributed by atoms with Gasteiger partial charge in [0, 0.05) is 54.6 Å². The Hall–Kier alpha value is -2.15. The quantitative estimate of drug-likeness (QED) is 0.630. The molecule has 0 aliphatic carbocycles. The number of rotatable bonds is 5. The molecule has 142 valence electrons. The number of aryl methyl sites for hydroxylation is 1. The maximum Gasteiger partial charge on any atom is 0.261 e. The lowest BCUT2D eigenvalue weighted by Crippen LogP contribution is -2.33. The van der Waals surface area contributed by atoms with E-state index in [4.69, 9.17) is 4.74 Å². The molecule has 1 aliphatic heterocycles. The minimum absolute atomic E-state index is 0.0313. The highest BCUT2D eigenvalue weighted by Gasteiger charge is 2.33. The summed E-state index contributed by atoms with van der Waals surface area (Å²) in [5.41, 5.74) is 2.23. The average Bonchev–Trinajstić information content (AvgIpc) is 3.29. The van der Waals surface area contributed by atoms with Crippen LogP contribution in [0.3, 0.4) is 0 Å². The van der Waals surface area contributed by atoms with E-state index in [1.165, 1.54) is 11.3 Å². The molecule has 1 aromatic carbocycles. The Balaban J connectivity index is 1.53. The number of amides is 1. The lowest BCUT2D eigenvalue weighted by atomic mass is 9.83. The van der Waals surface area contributed by atoms with Gasteiger partial charge in [-0.3, -0.25) is 4.79 Å². The van der Waals surface area contributed by atoms with Crippen LogP contribution in [0.4, 0.5) is 0 Å². The van der Waals surface area contributed by atoms with Crippen molar-refractivity contribution in [3.63, 3.8) is 0 Å². The van der Waals surface area contributed by atoms with Crippen molar-refractivity contribution in [2.75, 3.05) is 19.8 Å². The van der Waals surface area contributed by atoms with Crippen LogP contribution in [-0.2, 0) is 16.8 Å². The number of H-pyrrole nitrogens is 1. The summed E-state index contributed by atoms with van der Waals surface area (Å²) in [6, 6.07) is 9.84. The number of aromatic amines is 1. The number of nitrogens with one attached hydrogen (secondary N) is 2. The van der Waals surface area contributed by atoms with Gasteiger partial charge in [0.1, 0.15) is 0 Å². The van der Waals surface area contributed by atoms with Crippen LogP contribution in [0, 0.1) is 6.92 Å². The maximum absolute atomic E-state index is 12.3. The Labute approximate surface area is 162 Å². The molecule has 0 atom stereocenters. The number of carbonyl (C=O) groups is 1. The normalized spacial score (nSPS) is 16.5. The molecule has 2 aromatic heterocycles. The number of aliphatic hydroxyl groups is 1. The van der Waals surface area contributed by atoms with Crippen molar-refractivity contribution in [1.29, 1.82) is 0 Å². The van der Waals surface area contributed by atoms with Crippen LogP contribution >= 0.6 is 11.3 Å². The summed E-state index contributed by atoms with van der Waals surface area (Å²) >= 11 is 1.50. The molecule has 0 saturated carbocycles. The highest BCUT2D eigenvalue weighted by Crippen LogP contribution is 2.37. The van der Waals surface area contributed by atoms with E-state index in [2.05, 4.69) is 10.3 Å². The van der Waals surface area contributed by atoms with Crippen molar-refractivity contribution in [2.45, 2.75) is 31.8 Å². The molecule has 1 saturated heterocycles. The molecular weight excluding hydrogens is 360 g/mol. The third-order valence-corrected chi connectivity index (χ3v) is 6.25. The zero-order valence-corrected chi connectivity index (χ0v) is 16.2. The Morgan fingerprint density at radius 3 is 2.85 bits per heavy atom. The van der Waals surface area contributed by atoms with Crippen LogP contribution in [0.25, 0.3) is 10.9 Å². The number of carbonyl (C=O) groups excluding carboxylic acids is 1. The summed E-state index contributed by atoms with van der Waals surface area (Å²) in [6.45, 7) is 3.69. The first kappa shape index (κ1) is 18.2. The van der Waals surface area contributed by atoms with E-state index in [0.29, 0.717) is 39.0 Å². The number of fused-ring (bicyclic) bond motifs is 1.